The van der Waals surface area contributed by atoms with Gasteiger partial charge in [-0.2, -0.15) is 0 Å². The number of rotatable bonds is 7. The number of carbonyl (C=O) groups excluding carboxylic acids is 1. The molecule has 0 bridgehead atoms. The van der Waals surface area contributed by atoms with Crippen LogP contribution in [0.3, 0.4) is 0 Å². The third kappa shape index (κ3) is 5.09. The molecular formula is C17H16N4O5S2. The Balaban J connectivity index is 1.57. The number of aromatic nitrogens is 2. The maximum absolute atomic E-state index is 12.0. The van der Waals surface area contributed by atoms with Crippen molar-refractivity contribution in [2.24, 2.45) is 5.14 Å². The highest BCUT2D eigenvalue weighted by Gasteiger charge is 2.13. The van der Waals surface area contributed by atoms with Gasteiger partial charge < -0.3 is 14.5 Å². The van der Waals surface area contributed by atoms with Gasteiger partial charge in [-0.05, 0) is 48.5 Å². The van der Waals surface area contributed by atoms with Crippen LogP contribution in [0, 0.1) is 0 Å². The van der Waals surface area contributed by atoms with E-state index in [9.17, 15) is 13.2 Å². The number of benzene rings is 2. The number of primary sulfonamides is 1. The maximum Gasteiger partial charge on any atom is 0.277 e. The second-order valence-electron chi connectivity index (χ2n) is 5.51. The Kier molecular flexibility index (Phi) is 5.97. The quantitative estimate of drug-likeness (QED) is 0.555. The van der Waals surface area contributed by atoms with Crippen molar-refractivity contribution in [3.63, 3.8) is 0 Å². The van der Waals surface area contributed by atoms with Crippen LogP contribution in [0.1, 0.15) is 0 Å². The Bertz CT molecular complexity index is 1060. The molecule has 3 aromatic rings. The number of methoxy groups -OCH3 is 1. The predicted molar refractivity (Wildman–Crippen MR) is 103 cm³/mol. The fourth-order valence-corrected chi connectivity index (χ4v) is 3.25. The highest BCUT2D eigenvalue weighted by Crippen LogP contribution is 2.24. The average Bonchev–Trinajstić information content (AvgIpc) is 3.15. The summed E-state index contributed by atoms with van der Waals surface area (Å²) in [5.74, 6) is 0.757. The number of nitrogens with one attached hydrogen (secondary N) is 1. The molecule has 0 aliphatic rings. The van der Waals surface area contributed by atoms with E-state index in [0.29, 0.717) is 17.0 Å². The van der Waals surface area contributed by atoms with Gasteiger partial charge in [-0.3, -0.25) is 4.79 Å². The molecule has 0 aliphatic carbocycles. The number of ether oxygens (including phenoxy) is 1. The number of nitrogens with two attached hydrogens (primary N) is 1. The smallest absolute Gasteiger partial charge is 0.277 e. The van der Waals surface area contributed by atoms with E-state index in [1.54, 1.807) is 31.4 Å². The third-order valence-electron chi connectivity index (χ3n) is 3.54. The minimum atomic E-state index is -3.77. The molecule has 1 aromatic heterocycles. The first-order chi connectivity index (χ1) is 13.3. The second kappa shape index (κ2) is 8.42. The molecule has 0 fully saturated rings. The molecule has 2 aromatic carbocycles. The Morgan fingerprint density at radius 3 is 2.43 bits per heavy atom. The molecule has 1 heterocycles. The summed E-state index contributed by atoms with van der Waals surface area (Å²) in [5, 5.41) is 15.8. The van der Waals surface area contributed by atoms with Crippen molar-refractivity contribution >= 4 is 33.4 Å². The molecule has 9 nitrogen and oxygen atoms in total. The number of hydrogen-bond donors (Lipinski definition) is 2. The number of hydrogen-bond acceptors (Lipinski definition) is 8. The van der Waals surface area contributed by atoms with Crippen LogP contribution in [0.25, 0.3) is 11.5 Å². The third-order valence-corrected chi connectivity index (χ3v) is 5.28. The first kappa shape index (κ1) is 19.9. The van der Waals surface area contributed by atoms with Crippen LogP contribution in [-0.2, 0) is 14.8 Å². The standard InChI is InChI=1S/C17H16N4O5S2/c1-25-13-6-4-12(5-7-13)19-15(22)10-27-17-21-20-16(26-17)11-2-8-14(9-3-11)28(18,23)24/h2-9H,10H2,1H3,(H,19,22)(H2,18,23,24). The van der Waals surface area contributed by atoms with Crippen LogP contribution in [-0.4, -0.2) is 37.4 Å². The van der Waals surface area contributed by atoms with E-state index in [4.69, 9.17) is 14.3 Å². The lowest BCUT2D eigenvalue weighted by atomic mass is 10.2. The predicted octanol–water partition coefficient (Wildman–Crippen LogP) is 2.12. The van der Waals surface area contributed by atoms with Gasteiger partial charge in [0.1, 0.15) is 5.75 Å². The zero-order valence-electron chi connectivity index (χ0n) is 14.7. The summed E-state index contributed by atoms with van der Waals surface area (Å²) in [6.07, 6.45) is 0. The van der Waals surface area contributed by atoms with Crippen molar-refractivity contribution in [3.05, 3.63) is 48.5 Å². The molecule has 11 heteroatoms. The molecular weight excluding hydrogens is 404 g/mol. The first-order valence-corrected chi connectivity index (χ1v) is 10.4. The lowest BCUT2D eigenvalue weighted by Gasteiger charge is -2.05. The van der Waals surface area contributed by atoms with Crippen molar-refractivity contribution < 1.29 is 22.4 Å². The summed E-state index contributed by atoms with van der Waals surface area (Å²) in [7, 11) is -2.20. The van der Waals surface area contributed by atoms with Crippen LogP contribution >= 0.6 is 11.8 Å². The summed E-state index contributed by atoms with van der Waals surface area (Å²) in [6.45, 7) is 0. The molecule has 0 radical (unpaired) electrons. The Hall–Kier alpha value is -2.89. The van der Waals surface area contributed by atoms with Gasteiger partial charge in [-0.1, -0.05) is 11.8 Å². The molecule has 0 unspecified atom stereocenters. The second-order valence-corrected chi connectivity index (χ2v) is 8.00. The largest absolute Gasteiger partial charge is 0.497 e. The molecule has 3 rings (SSSR count). The minimum absolute atomic E-state index is 0.0134. The van der Waals surface area contributed by atoms with E-state index < -0.39 is 10.0 Å². The minimum Gasteiger partial charge on any atom is -0.497 e. The van der Waals surface area contributed by atoms with E-state index >= 15 is 0 Å². The number of thioether (sulfide) groups is 1. The number of anilines is 1. The Labute approximate surface area is 165 Å². The van der Waals surface area contributed by atoms with Gasteiger partial charge in [0.2, 0.25) is 21.8 Å². The Morgan fingerprint density at radius 2 is 1.82 bits per heavy atom. The van der Waals surface area contributed by atoms with Crippen molar-refractivity contribution in [1.82, 2.24) is 10.2 Å². The van der Waals surface area contributed by atoms with Crippen LogP contribution < -0.4 is 15.2 Å². The monoisotopic (exact) mass is 420 g/mol. The lowest BCUT2D eigenvalue weighted by molar-refractivity contribution is -0.113. The summed E-state index contributed by atoms with van der Waals surface area (Å²) >= 11 is 1.09. The van der Waals surface area contributed by atoms with Gasteiger partial charge in [0.25, 0.3) is 5.22 Å². The van der Waals surface area contributed by atoms with E-state index in [1.807, 2.05) is 0 Å². The zero-order valence-corrected chi connectivity index (χ0v) is 16.3. The fourth-order valence-electron chi connectivity index (χ4n) is 2.17. The van der Waals surface area contributed by atoms with Crippen molar-refractivity contribution in [2.45, 2.75) is 10.1 Å². The van der Waals surface area contributed by atoms with E-state index in [2.05, 4.69) is 15.5 Å². The van der Waals surface area contributed by atoms with Gasteiger partial charge >= 0.3 is 0 Å². The molecule has 0 saturated heterocycles. The highest BCUT2D eigenvalue weighted by molar-refractivity contribution is 7.99. The molecule has 3 N–H and O–H groups in total. The molecule has 0 atom stereocenters. The van der Waals surface area contributed by atoms with Gasteiger partial charge in [0.15, 0.2) is 0 Å². The molecule has 28 heavy (non-hydrogen) atoms. The number of amides is 1. The van der Waals surface area contributed by atoms with Crippen molar-refractivity contribution in [1.29, 1.82) is 0 Å². The maximum atomic E-state index is 12.0. The van der Waals surface area contributed by atoms with Gasteiger partial charge in [0.05, 0.1) is 17.8 Å². The van der Waals surface area contributed by atoms with Gasteiger partial charge in [-0.15, -0.1) is 10.2 Å². The number of nitrogens with zero attached hydrogens (tertiary/aromatic N) is 2. The molecule has 0 spiro atoms. The van der Waals surface area contributed by atoms with Gasteiger partial charge in [-0.25, -0.2) is 13.6 Å². The topological polar surface area (TPSA) is 137 Å². The molecule has 0 saturated carbocycles. The molecule has 0 aliphatic heterocycles. The fraction of sp³-hybridized carbons (Fsp3) is 0.118. The van der Waals surface area contributed by atoms with Crippen molar-refractivity contribution in [2.75, 3.05) is 18.2 Å². The van der Waals surface area contributed by atoms with E-state index in [0.717, 1.165) is 11.8 Å². The summed E-state index contributed by atoms with van der Waals surface area (Å²) in [4.78, 5) is 12.0. The van der Waals surface area contributed by atoms with Crippen molar-refractivity contribution in [3.8, 4) is 17.2 Å². The van der Waals surface area contributed by atoms with Crippen LogP contribution in [0.4, 0.5) is 5.69 Å². The van der Waals surface area contributed by atoms with Crippen LogP contribution in [0.5, 0.6) is 5.75 Å². The van der Waals surface area contributed by atoms with Crippen LogP contribution in [0.15, 0.2) is 63.1 Å². The van der Waals surface area contributed by atoms with E-state index in [1.165, 1.54) is 24.3 Å². The lowest BCUT2D eigenvalue weighted by Crippen LogP contribution is -2.13. The Morgan fingerprint density at radius 1 is 1.14 bits per heavy atom. The van der Waals surface area contributed by atoms with Gasteiger partial charge in [0, 0.05) is 11.3 Å². The van der Waals surface area contributed by atoms with Crippen LogP contribution in [0.2, 0.25) is 0 Å². The molecule has 1 amide bonds. The number of sulfonamides is 1. The summed E-state index contributed by atoms with van der Waals surface area (Å²) < 4.78 is 33.1. The average molecular weight is 420 g/mol. The summed E-state index contributed by atoms with van der Waals surface area (Å²) in [5.41, 5.74) is 1.18. The van der Waals surface area contributed by atoms with E-state index in [-0.39, 0.29) is 27.7 Å². The summed E-state index contributed by atoms with van der Waals surface area (Å²) in [6, 6.07) is 12.7. The highest BCUT2D eigenvalue weighted by atomic mass is 32.2. The number of carbonyl (C=O) groups is 1. The normalized spacial score (nSPS) is 11.2. The SMILES string of the molecule is COc1ccc(NC(=O)CSc2nnc(-c3ccc(S(N)(=O)=O)cc3)o2)cc1. The first-order valence-electron chi connectivity index (χ1n) is 7.88. The molecule has 146 valence electrons. The zero-order chi connectivity index (χ0) is 20.1.